The Kier molecular flexibility index (Phi) is 6.42. The summed E-state index contributed by atoms with van der Waals surface area (Å²) in [4.78, 5) is 3.87. The van der Waals surface area contributed by atoms with Crippen LogP contribution in [0.4, 0.5) is 0 Å². The second kappa shape index (κ2) is 8.34. The topological polar surface area (TPSA) is 57.4 Å². The molecule has 2 aromatic rings. The van der Waals surface area contributed by atoms with Crippen LogP contribution in [0.2, 0.25) is 10.0 Å². The number of halogens is 2. The van der Waals surface area contributed by atoms with Crippen molar-refractivity contribution in [2.45, 2.75) is 12.5 Å². The predicted molar refractivity (Wildman–Crippen MR) is 103 cm³/mol. The number of aliphatic imine (C=N–C) groups is 1. The molecule has 25 heavy (non-hydrogen) atoms. The van der Waals surface area contributed by atoms with Gasteiger partial charge in [0.1, 0.15) is 23.4 Å². The van der Waals surface area contributed by atoms with Gasteiger partial charge in [-0.25, -0.2) is 0 Å². The lowest BCUT2D eigenvalue weighted by Crippen LogP contribution is -2.35. The number of hydrazone groups is 1. The Morgan fingerprint density at radius 2 is 1.84 bits per heavy atom. The largest absolute Gasteiger partial charge is 0.457 e. The van der Waals surface area contributed by atoms with Crippen LogP contribution in [0.1, 0.15) is 12.5 Å². The highest BCUT2D eigenvalue weighted by atomic mass is 35.5. The summed E-state index contributed by atoms with van der Waals surface area (Å²) in [5, 5.41) is 17.0. The molecule has 7 heteroatoms. The number of hydrogen-bond donors (Lipinski definition) is 1. The lowest BCUT2D eigenvalue weighted by Gasteiger charge is -2.28. The van der Waals surface area contributed by atoms with Crippen molar-refractivity contribution < 1.29 is 9.84 Å². The molecule has 2 aromatic carbocycles. The summed E-state index contributed by atoms with van der Waals surface area (Å²) in [7, 11) is 1.61. The quantitative estimate of drug-likeness (QED) is 0.435. The molecule has 0 saturated carbocycles. The first-order chi connectivity index (χ1) is 11.9. The van der Waals surface area contributed by atoms with E-state index in [0.717, 1.165) is 0 Å². The van der Waals surface area contributed by atoms with Crippen LogP contribution >= 0.6 is 23.2 Å². The minimum absolute atomic E-state index is 0.158. The van der Waals surface area contributed by atoms with Gasteiger partial charge in [-0.3, -0.25) is 10.0 Å². The molecule has 132 valence electrons. The van der Waals surface area contributed by atoms with Gasteiger partial charge >= 0.3 is 0 Å². The maximum Gasteiger partial charge on any atom is 0.128 e. The van der Waals surface area contributed by atoms with Crippen LogP contribution in [0, 0.1) is 0 Å². The van der Waals surface area contributed by atoms with E-state index in [1.165, 1.54) is 11.3 Å². The molecular weight excluding hydrogens is 361 g/mol. The van der Waals surface area contributed by atoms with Gasteiger partial charge in [0, 0.05) is 24.4 Å². The molecule has 5 nitrogen and oxygen atoms in total. The van der Waals surface area contributed by atoms with Crippen molar-refractivity contribution in [1.82, 2.24) is 5.01 Å². The lowest BCUT2D eigenvalue weighted by molar-refractivity contribution is 0.0361. The Hall–Kier alpha value is -2.08. The van der Waals surface area contributed by atoms with Gasteiger partial charge in [0.2, 0.25) is 0 Å². The van der Waals surface area contributed by atoms with Crippen LogP contribution in [-0.4, -0.2) is 36.8 Å². The van der Waals surface area contributed by atoms with E-state index in [0.29, 0.717) is 27.1 Å². The van der Waals surface area contributed by atoms with E-state index < -0.39 is 5.60 Å². The van der Waals surface area contributed by atoms with Crippen LogP contribution < -0.4 is 4.74 Å². The minimum atomic E-state index is -1.25. The summed E-state index contributed by atoms with van der Waals surface area (Å²) in [6, 6.07) is 12.1. The van der Waals surface area contributed by atoms with Crippen molar-refractivity contribution in [3.8, 4) is 11.5 Å². The SMILES string of the molecule is C=NN(/C=N\C)CC(C)(O)c1ccc(Oc2ccc(Cl)cc2)cc1Cl. The molecule has 0 aliphatic rings. The number of rotatable bonds is 7. The van der Waals surface area contributed by atoms with Gasteiger partial charge < -0.3 is 9.84 Å². The molecule has 0 heterocycles. The third-order valence-corrected chi connectivity index (χ3v) is 4.04. The molecule has 0 aromatic heterocycles. The first kappa shape index (κ1) is 19.2. The monoisotopic (exact) mass is 379 g/mol. The van der Waals surface area contributed by atoms with Gasteiger partial charge in [-0.2, -0.15) is 5.10 Å². The van der Waals surface area contributed by atoms with Gasteiger partial charge in [0.05, 0.1) is 11.6 Å². The molecule has 0 aliphatic carbocycles. The van der Waals surface area contributed by atoms with Crippen LogP contribution in [0.25, 0.3) is 0 Å². The Balaban J connectivity index is 2.20. The molecule has 0 radical (unpaired) electrons. The number of hydrogen-bond acceptors (Lipinski definition) is 4. The highest BCUT2D eigenvalue weighted by Gasteiger charge is 2.28. The summed E-state index contributed by atoms with van der Waals surface area (Å²) in [6.07, 6.45) is 1.48. The lowest BCUT2D eigenvalue weighted by atomic mass is 9.95. The second-order valence-electron chi connectivity index (χ2n) is 5.58. The first-order valence-corrected chi connectivity index (χ1v) is 8.22. The average Bonchev–Trinajstić information content (AvgIpc) is 2.56. The Morgan fingerprint density at radius 1 is 1.20 bits per heavy atom. The molecule has 1 unspecified atom stereocenters. The number of ether oxygens (including phenoxy) is 1. The van der Waals surface area contributed by atoms with Crippen molar-refractivity contribution in [1.29, 1.82) is 0 Å². The Morgan fingerprint density at radius 3 is 2.40 bits per heavy atom. The summed E-state index contributed by atoms with van der Waals surface area (Å²) in [6.45, 7) is 5.26. The first-order valence-electron chi connectivity index (χ1n) is 7.47. The molecule has 1 N–H and O–H groups in total. The smallest absolute Gasteiger partial charge is 0.128 e. The fourth-order valence-electron chi connectivity index (χ4n) is 2.30. The standard InChI is InChI=1S/C18H19Cl2N3O2/c1-18(24,11-23(22-3)12-21-2)16-9-8-15(10-17(16)20)25-14-6-4-13(19)5-7-14/h4-10,12,24H,3,11H2,1-2H3/b21-12-. The normalized spacial score (nSPS) is 13.5. The van der Waals surface area contributed by atoms with Crippen molar-refractivity contribution in [2.24, 2.45) is 10.1 Å². The third-order valence-electron chi connectivity index (χ3n) is 3.47. The fraction of sp³-hybridized carbons (Fsp3) is 0.222. The second-order valence-corrected chi connectivity index (χ2v) is 6.43. The van der Waals surface area contributed by atoms with E-state index in [1.807, 2.05) is 0 Å². The van der Waals surface area contributed by atoms with Gasteiger partial charge in [0.15, 0.2) is 0 Å². The van der Waals surface area contributed by atoms with E-state index in [1.54, 1.807) is 56.4 Å². The number of benzene rings is 2. The highest BCUT2D eigenvalue weighted by molar-refractivity contribution is 6.31. The van der Waals surface area contributed by atoms with Crippen molar-refractivity contribution in [3.05, 3.63) is 58.1 Å². The van der Waals surface area contributed by atoms with Crippen molar-refractivity contribution in [2.75, 3.05) is 13.6 Å². The molecule has 0 fully saturated rings. The molecule has 0 spiro atoms. The van der Waals surface area contributed by atoms with Crippen molar-refractivity contribution in [3.63, 3.8) is 0 Å². The van der Waals surface area contributed by atoms with E-state index in [4.69, 9.17) is 27.9 Å². The number of nitrogens with zero attached hydrogens (tertiary/aromatic N) is 3. The summed E-state index contributed by atoms with van der Waals surface area (Å²) < 4.78 is 5.74. The Labute approximate surface area is 157 Å². The molecule has 0 bridgehead atoms. The van der Waals surface area contributed by atoms with E-state index in [9.17, 15) is 5.11 Å². The zero-order valence-electron chi connectivity index (χ0n) is 14.0. The van der Waals surface area contributed by atoms with Crippen molar-refractivity contribution >= 4 is 36.3 Å². The molecule has 2 rings (SSSR count). The highest BCUT2D eigenvalue weighted by Crippen LogP contribution is 2.33. The van der Waals surface area contributed by atoms with Crippen LogP contribution in [-0.2, 0) is 5.60 Å². The Bertz CT molecular complexity index is 761. The molecule has 0 aliphatic heterocycles. The van der Waals surface area contributed by atoms with Crippen LogP contribution in [0.5, 0.6) is 11.5 Å². The predicted octanol–water partition coefficient (Wildman–Crippen LogP) is 4.57. The molecule has 1 atom stereocenters. The fourth-order valence-corrected chi connectivity index (χ4v) is 2.80. The minimum Gasteiger partial charge on any atom is -0.457 e. The van der Waals surface area contributed by atoms with E-state index in [2.05, 4.69) is 16.8 Å². The number of aliphatic hydroxyl groups is 1. The van der Waals surface area contributed by atoms with E-state index >= 15 is 0 Å². The summed E-state index contributed by atoms with van der Waals surface area (Å²) in [5.74, 6) is 1.20. The zero-order chi connectivity index (χ0) is 18.4. The van der Waals surface area contributed by atoms with Crippen LogP contribution in [0.3, 0.4) is 0 Å². The zero-order valence-corrected chi connectivity index (χ0v) is 15.5. The van der Waals surface area contributed by atoms with E-state index in [-0.39, 0.29) is 6.54 Å². The average molecular weight is 380 g/mol. The van der Waals surface area contributed by atoms with Crippen LogP contribution in [0.15, 0.2) is 52.6 Å². The summed E-state index contributed by atoms with van der Waals surface area (Å²) >= 11 is 12.2. The van der Waals surface area contributed by atoms with Gasteiger partial charge in [-0.05, 0) is 43.3 Å². The molecule has 0 amide bonds. The maximum absolute atomic E-state index is 10.8. The molecule has 0 saturated heterocycles. The maximum atomic E-state index is 10.8. The van der Waals surface area contributed by atoms with Gasteiger partial charge in [-0.1, -0.05) is 29.3 Å². The van der Waals surface area contributed by atoms with Gasteiger partial charge in [-0.15, -0.1) is 0 Å². The van der Waals surface area contributed by atoms with Gasteiger partial charge in [0.25, 0.3) is 0 Å². The summed E-state index contributed by atoms with van der Waals surface area (Å²) in [5.41, 5.74) is -0.700. The molecular formula is C18H19Cl2N3O2. The third kappa shape index (κ3) is 5.19.